The maximum atomic E-state index is 12.3. The van der Waals surface area contributed by atoms with Crippen molar-refractivity contribution in [3.8, 4) is 0 Å². The van der Waals surface area contributed by atoms with Crippen LogP contribution >= 0.6 is 0 Å². The third-order valence-corrected chi connectivity index (χ3v) is 14.5. The standard InChI is InChI=1S/C33H63NO.C33H65N/c1-5-7-9-11-13-14-15-16-17-18-19-20-21-22-24-26-28-30-32(31-33(35)34(3)4)29-27-25-23-12-10-8-6-2;1-5-7-9-11-13-14-15-16-17-18-19-20-21-22-24-26-28-30-33(31-32-34(3)4)29-27-25-23-12-10-8-6-2/h13-14,16-17,32H,5-12,15,18-31H2,1-4H3;13-14,16-17,33H,5-12,15,18-32H2,1-4H3/b2*14-13-,17-16-. The highest BCUT2D eigenvalue weighted by molar-refractivity contribution is 5.75. The van der Waals surface area contributed by atoms with Crippen LogP contribution in [-0.4, -0.2) is 50.4 Å². The lowest BCUT2D eigenvalue weighted by Crippen LogP contribution is -2.24. The van der Waals surface area contributed by atoms with Crippen LogP contribution < -0.4 is 0 Å². The van der Waals surface area contributed by atoms with Crippen molar-refractivity contribution in [2.24, 2.45) is 11.8 Å². The number of nitrogens with zero attached hydrogens (tertiary/aromatic N) is 2. The molecular weight excluding hydrogens is 837 g/mol. The second kappa shape index (κ2) is 60.7. The minimum Gasteiger partial charge on any atom is -0.349 e. The van der Waals surface area contributed by atoms with E-state index in [2.05, 4.69) is 95.3 Å². The van der Waals surface area contributed by atoms with E-state index in [9.17, 15) is 4.79 Å². The minimum absolute atomic E-state index is 0.315. The average molecular weight is 966 g/mol. The zero-order chi connectivity index (χ0) is 50.8. The molecule has 0 aliphatic rings. The van der Waals surface area contributed by atoms with E-state index in [1.165, 1.54) is 283 Å². The van der Waals surface area contributed by atoms with Gasteiger partial charge in [-0.15, -0.1) is 0 Å². The van der Waals surface area contributed by atoms with Crippen LogP contribution in [0.5, 0.6) is 0 Å². The number of allylic oxidation sites excluding steroid dienone is 8. The molecule has 2 unspecified atom stereocenters. The zero-order valence-electron chi connectivity index (χ0n) is 48.8. The molecule has 0 aromatic carbocycles. The second-order valence-corrected chi connectivity index (χ2v) is 22.1. The predicted octanol–water partition coefficient (Wildman–Crippen LogP) is 22.1. The quantitative estimate of drug-likeness (QED) is 0.0448. The number of unbranched alkanes of at least 4 members (excludes halogenated alkanes) is 32. The Morgan fingerprint density at radius 3 is 0.884 bits per heavy atom. The topological polar surface area (TPSA) is 23.6 Å². The smallest absolute Gasteiger partial charge is 0.222 e. The highest BCUT2D eigenvalue weighted by Gasteiger charge is 2.15. The van der Waals surface area contributed by atoms with Gasteiger partial charge in [-0.3, -0.25) is 4.79 Å². The molecule has 0 fully saturated rings. The van der Waals surface area contributed by atoms with Crippen molar-refractivity contribution in [3.63, 3.8) is 0 Å². The summed E-state index contributed by atoms with van der Waals surface area (Å²) in [7, 11) is 8.26. The van der Waals surface area contributed by atoms with Crippen LogP contribution in [0.1, 0.15) is 323 Å². The Balaban J connectivity index is 0. The molecule has 0 spiro atoms. The Morgan fingerprint density at radius 2 is 0.580 bits per heavy atom. The van der Waals surface area contributed by atoms with Crippen molar-refractivity contribution in [3.05, 3.63) is 48.6 Å². The van der Waals surface area contributed by atoms with Crippen LogP contribution in [0.4, 0.5) is 0 Å². The molecule has 408 valence electrons. The van der Waals surface area contributed by atoms with Crippen molar-refractivity contribution in [1.29, 1.82) is 0 Å². The first kappa shape index (κ1) is 69.5. The number of rotatable bonds is 53. The van der Waals surface area contributed by atoms with Crippen LogP contribution in [0.2, 0.25) is 0 Å². The Bertz CT molecular complexity index is 1090. The first-order valence-electron chi connectivity index (χ1n) is 31.3. The van der Waals surface area contributed by atoms with Crippen molar-refractivity contribution >= 4 is 5.91 Å². The summed E-state index contributed by atoms with van der Waals surface area (Å²) in [5.74, 6) is 1.88. The Kier molecular flexibility index (Phi) is 61.1. The van der Waals surface area contributed by atoms with E-state index in [0.717, 1.165) is 25.2 Å². The molecule has 0 aliphatic heterocycles. The van der Waals surface area contributed by atoms with Crippen LogP contribution in [0.25, 0.3) is 0 Å². The molecular formula is C66H128N2O. The minimum atomic E-state index is 0.315. The molecule has 1 amide bonds. The van der Waals surface area contributed by atoms with Gasteiger partial charge in [-0.1, -0.05) is 282 Å². The fourth-order valence-electron chi connectivity index (χ4n) is 9.63. The van der Waals surface area contributed by atoms with Gasteiger partial charge in [0.15, 0.2) is 0 Å². The van der Waals surface area contributed by atoms with Crippen molar-refractivity contribution in [1.82, 2.24) is 9.80 Å². The van der Waals surface area contributed by atoms with Gasteiger partial charge in [0.05, 0.1) is 0 Å². The molecule has 0 aromatic rings. The molecule has 3 heteroatoms. The molecule has 0 saturated carbocycles. The lowest BCUT2D eigenvalue weighted by atomic mass is 9.91. The van der Waals surface area contributed by atoms with Crippen LogP contribution in [0.15, 0.2) is 48.6 Å². The third kappa shape index (κ3) is 60.6. The molecule has 69 heavy (non-hydrogen) atoms. The van der Waals surface area contributed by atoms with Crippen molar-refractivity contribution < 1.29 is 4.79 Å². The van der Waals surface area contributed by atoms with Gasteiger partial charge in [0.2, 0.25) is 5.91 Å². The highest BCUT2D eigenvalue weighted by atomic mass is 16.2. The molecule has 2 atom stereocenters. The normalized spacial score (nSPS) is 12.9. The van der Waals surface area contributed by atoms with E-state index in [4.69, 9.17) is 0 Å². The summed E-state index contributed by atoms with van der Waals surface area (Å²) in [6.07, 6.45) is 80.9. The molecule has 0 N–H and O–H groups in total. The maximum absolute atomic E-state index is 12.3. The fourth-order valence-corrected chi connectivity index (χ4v) is 9.63. The van der Waals surface area contributed by atoms with Gasteiger partial charge < -0.3 is 9.80 Å². The average Bonchev–Trinajstić information content (AvgIpc) is 3.34. The number of hydrogen-bond donors (Lipinski definition) is 0. The van der Waals surface area contributed by atoms with Gasteiger partial charge in [-0.05, 0) is 116 Å². The predicted molar refractivity (Wildman–Crippen MR) is 316 cm³/mol. The van der Waals surface area contributed by atoms with Gasteiger partial charge >= 0.3 is 0 Å². The molecule has 0 rings (SSSR count). The Labute approximate surface area is 436 Å². The monoisotopic (exact) mass is 965 g/mol. The molecule has 3 nitrogen and oxygen atoms in total. The number of amides is 1. The Hall–Kier alpha value is -1.61. The first-order chi connectivity index (χ1) is 33.8. The summed E-state index contributed by atoms with van der Waals surface area (Å²) in [6.45, 7) is 10.4. The summed E-state index contributed by atoms with van der Waals surface area (Å²) in [5.41, 5.74) is 0. The molecule has 0 bridgehead atoms. The lowest BCUT2D eigenvalue weighted by Gasteiger charge is -2.19. The molecule has 0 radical (unpaired) electrons. The van der Waals surface area contributed by atoms with E-state index in [1.54, 1.807) is 4.90 Å². The third-order valence-electron chi connectivity index (χ3n) is 14.5. The van der Waals surface area contributed by atoms with Crippen molar-refractivity contribution in [2.75, 3.05) is 34.7 Å². The van der Waals surface area contributed by atoms with Gasteiger partial charge in [-0.25, -0.2) is 0 Å². The van der Waals surface area contributed by atoms with Gasteiger partial charge in [0.25, 0.3) is 0 Å². The van der Waals surface area contributed by atoms with Gasteiger partial charge in [-0.2, -0.15) is 0 Å². The molecule has 0 saturated heterocycles. The van der Waals surface area contributed by atoms with Crippen LogP contribution in [0, 0.1) is 11.8 Å². The number of carbonyl (C=O) groups is 1. The first-order valence-corrected chi connectivity index (χ1v) is 31.3. The number of carbonyl (C=O) groups excluding carboxylic acids is 1. The Morgan fingerprint density at radius 1 is 0.319 bits per heavy atom. The highest BCUT2D eigenvalue weighted by Crippen LogP contribution is 2.24. The largest absolute Gasteiger partial charge is 0.349 e. The van der Waals surface area contributed by atoms with E-state index >= 15 is 0 Å². The van der Waals surface area contributed by atoms with E-state index in [1.807, 2.05) is 14.1 Å². The molecule has 0 aromatic heterocycles. The van der Waals surface area contributed by atoms with Crippen LogP contribution in [0.3, 0.4) is 0 Å². The molecule has 0 aliphatic carbocycles. The van der Waals surface area contributed by atoms with Crippen LogP contribution in [-0.2, 0) is 4.79 Å². The summed E-state index contributed by atoms with van der Waals surface area (Å²) in [4.78, 5) is 16.4. The van der Waals surface area contributed by atoms with E-state index < -0.39 is 0 Å². The summed E-state index contributed by atoms with van der Waals surface area (Å²) < 4.78 is 0. The van der Waals surface area contributed by atoms with Gasteiger partial charge in [0.1, 0.15) is 0 Å². The van der Waals surface area contributed by atoms with E-state index in [0.29, 0.717) is 11.8 Å². The maximum Gasteiger partial charge on any atom is 0.222 e. The summed E-state index contributed by atoms with van der Waals surface area (Å²) >= 11 is 0. The lowest BCUT2D eigenvalue weighted by molar-refractivity contribution is -0.129. The molecule has 0 heterocycles. The SMILES string of the molecule is CCCCC/C=C\C/C=C\CCCCCCCCCC(CCCCCCCCC)CC(=O)N(C)C.CCCCC/C=C\C/C=C\CCCCCCCCCC(CCCCCCCCC)CCN(C)C. The number of hydrogen-bond acceptors (Lipinski definition) is 2. The second-order valence-electron chi connectivity index (χ2n) is 22.1. The van der Waals surface area contributed by atoms with Crippen molar-refractivity contribution in [2.45, 2.75) is 323 Å². The summed E-state index contributed by atoms with van der Waals surface area (Å²) in [5, 5.41) is 0. The summed E-state index contributed by atoms with van der Waals surface area (Å²) in [6, 6.07) is 0. The van der Waals surface area contributed by atoms with Gasteiger partial charge in [0, 0.05) is 20.5 Å². The fraction of sp³-hybridized carbons (Fsp3) is 0.864. The van der Waals surface area contributed by atoms with E-state index in [-0.39, 0.29) is 0 Å². The zero-order valence-corrected chi connectivity index (χ0v) is 48.8.